The van der Waals surface area contributed by atoms with Gasteiger partial charge in [-0.25, -0.2) is 4.98 Å². The van der Waals surface area contributed by atoms with Crippen molar-refractivity contribution >= 4 is 5.82 Å². The summed E-state index contributed by atoms with van der Waals surface area (Å²) in [5.74, 6) is 0.827. The van der Waals surface area contributed by atoms with Crippen LogP contribution in [0.4, 0.5) is 5.82 Å². The average Bonchev–Trinajstić information content (AvgIpc) is 2.59. The molecule has 2 aromatic heterocycles. The minimum absolute atomic E-state index is 0.188. The fourth-order valence-corrected chi connectivity index (χ4v) is 3.09. The highest BCUT2D eigenvalue weighted by atomic mass is 16.3. The summed E-state index contributed by atoms with van der Waals surface area (Å²) in [6.45, 7) is 8.48. The smallest absolute Gasteiger partial charge is 0.223 e. The zero-order valence-corrected chi connectivity index (χ0v) is 14.2. The zero-order valence-electron chi connectivity index (χ0n) is 14.2. The maximum Gasteiger partial charge on any atom is 0.223 e. The van der Waals surface area contributed by atoms with Crippen LogP contribution in [0.1, 0.15) is 25.6 Å². The molecule has 0 saturated carbocycles. The molecule has 2 aromatic rings. The molecule has 0 amide bonds. The molecule has 24 heavy (non-hydrogen) atoms. The number of rotatable bonds is 4. The van der Waals surface area contributed by atoms with E-state index in [-0.39, 0.29) is 17.2 Å². The monoisotopic (exact) mass is 328 g/mol. The molecule has 3 heterocycles. The Kier molecular flexibility index (Phi) is 4.85. The van der Waals surface area contributed by atoms with E-state index in [4.69, 9.17) is 0 Å². The molecule has 0 spiro atoms. The number of hydrogen-bond donors (Lipinski definition) is 1. The quantitative estimate of drug-likeness (QED) is 0.928. The van der Waals surface area contributed by atoms with Crippen molar-refractivity contribution in [1.82, 2.24) is 14.5 Å². The molecule has 1 saturated heterocycles. The predicted octanol–water partition coefficient (Wildman–Crippen LogP) is 1.85. The second-order valence-corrected chi connectivity index (χ2v) is 6.47. The summed E-state index contributed by atoms with van der Waals surface area (Å²) in [6.07, 6.45) is 3.37. The predicted molar refractivity (Wildman–Crippen MR) is 94.5 cm³/mol. The molecule has 1 aliphatic rings. The Bertz CT molecular complexity index is 734. The van der Waals surface area contributed by atoms with Gasteiger partial charge < -0.3 is 14.6 Å². The van der Waals surface area contributed by atoms with Gasteiger partial charge in [-0.15, -0.1) is 0 Å². The second kappa shape index (κ2) is 7.05. The number of aromatic nitrogens is 2. The topological polar surface area (TPSA) is 61.6 Å². The fraction of sp³-hybridized carbons (Fsp3) is 0.444. The van der Waals surface area contributed by atoms with Gasteiger partial charge in [-0.3, -0.25) is 9.69 Å². The molecule has 0 radical (unpaired) electrons. The molecule has 6 nitrogen and oxygen atoms in total. The summed E-state index contributed by atoms with van der Waals surface area (Å²) < 4.78 is 1.97. The van der Waals surface area contributed by atoms with Crippen LogP contribution in [0.25, 0.3) is 0 Å². The molecular formula is C18H24N4O2. The molecule has 1 N–H and O–H groups in total. The number of pyridine rings is 2. The van der Waals surface area contributed by atoms with Crippen LogP contribution in [-0.2, 0) is 6.54 Å². The number of aromatic hydroxyl groups is 1. The first-order valence-corrected chi connectivity index (χ1v) is 8.37. The highest BCUT2D eigenvalue weighted by Crippen LogP contribution is 2.17. The van der Waals surface area contributed by atoms with Gasteiger partial charge in [-0.05, 0) is 26.0 Å². The third-order valence-corrected chi connectivity index (χ3v) is 4.43. The van der Waals surface area contributed by atoms with Gasteiger partial charge in [0.05, 0.1) is 6.20 Å². The standard InChI is InChI=1S/C18H24N4O2/c1-14(2)22-13-17(24)16(23)11-15(22)12-20-7-9-21(10-8-20)18-5-3-4-6-19-18/h3-6,11,13-14,24H,7-10,12H2,1-2H3. The molecular weight excluding hydrogens is 304 g/mol. The van der Waals surface area contributed by atoms with Gasteiger partial charge in [-0.2, -0.15) is 0 Å². The van der Waals surface area contributed by atoms with Crippen molar-refractivity contribution in [2.75, 3.05) is 31.1 Å². The minimum atomic E-state index is -0.311. The zero-order chi connectivity index (χ0) is 17.1. The molecule has 3 rings (SSSR count). The van der Waals surface area contributed by atoms with Gasteiger partial charge in [0.2, 0.25) is 5.43 Å². The number of nitrogens with zero attached hydrogens (tertiary/aromatic N) is 4. The molecule has 0 aliphatic carbocycles. The first-order chi connectivity index (χ1) is 11.5. The number of piperazine rings is 1. The Morgan fingerprint density at radius 1 is 1.21 bits per heavy atom. The van der Waals surface area contributed by atoms with Crippen LogP contribution in [0, 0.1) is 0 Å². The van der Waals surface area contributed by atoms with E-state index in [1.807, 2.05) is 42.8 Å². The molecule has 1 aliphatic heterocycles. The van der Waals surface area contributed by atoms with E-state index in [0.29, 0.717) is 6.54 Å². The maximum absolute atomic E-state index is 11.8. The summed E-state index contributed by atoms with van der Waals surface area (Å²) in [5, 5.41) is 9.68. The van der Waals surface area contributed by atoms with Gasteiger partial charge in [-0.1, -0.05) is 6.07 Å². The van der Waals surface area contributed by atoms with Crippen molar-refractivity contribution in [1.29, 1.82) is 0 Å². The Hall–Kier alpha value is -2.34. The van der Waals surface area contributed by atoms with Crippen molar-refractivity contribution in [3.63, 3.8) is 0 Å². The SMILES string of the molecule is CC(C)n1cc(O)c(=O)cc1CN1CCN(c2ccccn2)CC1. The molecule has 1 fully saturated rings. The maximum atomic E-state index is 11.8. The van der Waals surface area contributed by atoms with Crippen LogP contribution in [-0.4, -0.2) is 45.7 Å². The van der Waals surface area contributed by atoms with E-state index in [0.717, 1.165) is 37.7 Å². The van der Waals surface area contributed by atoms with Crippen molar-refractivity contribution in [2.24, 2.45) is 0 Å². The van der Waals surface area contributed by atoms with Crippen LogP contribution < -0.4 is 10.3 Å². The van der Waals surface area contributed by atoms with Crippen molar-refractivity contribution in [3.05, 3.63) is 52.6 Å². The van der Waals surface area contributed by atoms with Crippen LogP contribution in [0.2, 0.25) is 0 Å². The first kappa shape index (κ1) is 16.5. The third-order valence-electron chi connectivity index (χ3n) is 4.43. The summed E-state index contributed by atoms with van der Waals surface area (Å²) >= 11 is 0. The van der Waals surface area contributed by atoms with Crippen LogP contribution >= 0.6 is 0 Å². The van der Waals surface area contributed by atoms with Crippen molar-refractivity contribution in [2.45, 2.75) is 26.4 Å². The van der Waals surface area contributed by atoms with E-state index in [9.17, 15) is 9.90 Å². The van der Waals surface area contributed by atoms with Gasteiger partial charge in [0.1, 0.15) is 5.82 Å². The lowest BCUT2D eigenvalue weighted by molar-refractivity contribution is 0.240. The van der Waals surface area contributed by atoms with Crippen molar-refractivity contribution in [3.8, 4) is 5.75 Å². The highest BCUT2D eigenvalue weighted by molar-refractivity contribution is 5.38. The van der Waals surface area contributed by atoms with Crippen LogP contribution in [0.3, 0.4) is 0 Å². The molecule has 0 aromatic carbocycles. The lowest BCUT2D eigenvalue weighted by Crippen LogP contribution is -2.46. The van der Waals surface area contributed by atoms with Crippen LogP contribution in [0.15, 0.2) is 41.5 Å². The van der Waals surface area contributed by atoms with Crippen molar-refractivity contribution < 1.29 is 5.11 Å². The number of hydrogen-bond acceptors (Lipinski definition) is 5. The molecule has 0 unspecified atom stereocenters. The Balaban J connectivity index is 1.68. The van der Waals surface area contributed by atoms with E-state index >= 15 is 0 Å². The fourth-order valence-electron chi connectivity index (χ4n) is 3.09. The summed E-state index contributed by atoms with van der Waals surface area (Å²) in [4.78, 5) is 20.8. The van der Waals surface area contributed by atoms with E-state index in [1.54, 1.807) is 12.3 Å². The molecule has 0 atom stereocenters. The van der Waals surface area contributed by atoms with E-state index in [1.165, 1.54) is 0 Å². The lowest BCUT2D eigenvalue weighted by Gasteiger charge is -2.36. The Morgan fingerprint density at radius 2 is 1.96 bits per heavy atom. The number of anilines is 1. The average molecular weight is 328 g/mol. The molecule has 0 bridgehead atoms. The highest BCUT2D eigenvalue weighted by Gasteiger charge is 2.19. The third kappa shape index (κ3) is 3.59. The van der Waals surface area contributed by atoms with Gasteiger partial charge in [0.25, 0.3) is 0 Å². The minimum Gasteiger partial charge on any atom is -0.503 e. The molecule has 6 heteroatoms. The first-order valence-electron chi connectivity index (χ1n) is 8.37. The van der Waals surface area contributed by atoms with Gasteiger partial charge in [0, 0.05) is 56.7 Å². The largest absolute Gasteiger partial charge is 0.503 e. The Morgan fingerprint density at radius 3 is 2.58 bits per heavy atom. The molecule has 128 valence electrons. The summed E-state index contributed by atoms with van der Waals surface area (Å²) in [5.41, 5.74) is 0.633. The Labute approximate surface area is 142 Å². The second-order valence-electron chi connectivity index (χ2n) is 6.47. The van der Waals surface area contributed by atoms with Gasteiger partial charge in [0.15, 0.2) is 5.75 Å². The van der Waals surface area contributed by atoms with Gasteiger partial charge >= 0.3 is 0 Å². The van der Waals surface area contributed by atoms with E-state index in [2.05, 4.69) is 14.8 Å². The normalized spacial score (nSPS) is 15.9. The summed E-state index contributed by atoms with van der Waals surface area (Å²) in [6, 6.07) is 7.72. The summed E-state index contributed by atoms with van der Waals surface area (Å²) in [7, 11) is 0. The van der Waals surface area contributed by atoms with E-state index < -0.39 is 0 Å². The lowest BCUT2D eigenvalue weighted by atomic mass is 10.2. The van der Waals surface area contributed by atoms with Crippen LogP contribution in [0.5, 0.6) is 5.75 Å².